The summed E-state index contributed by atoms with van der Waals surface area (Å²) in [4.78, 5) is 0. The average molecular weight is 424 g/mol. The fourth-order valence-electron chi connectivity index (χ4n) is 3.04. The van der Waals surface area contributed by atoms with E-state index in [0.29, 0.717) is 0 Å². The number of halogens is 3. The molecule has 0 aliphatic heterocycles. The summed E-state index contributed by atoms with van der Waals surface area (Å²) >= 11 is 2.36. The minimum atomic E-state index is -0.282. The Bertz CT molecular complexity index is 533. The van der Waals surface area contributed by atoms with Crippen molar-refractivity contribution in [2.75, 3.05) is 0 Å². The van der Waals surface area contributed by atoms with Gasteiger partial charge in [-0.05, 0) is 0 Å². The van der Waals surface area contributed by atoms with Gasteiger partial charge in [0.25, 0.3) is 0 Å². The fourth-order valence-corrected chi connectivity index (χ4v) is 5.98. The van der Waals surface area contributed by atoms with Gasteiger partial charge in [-0.2, -0.15) is 0 Å². The maximum Gasteiger partial charge on any atom is -1.00 e. The second-order valence-corrected chi connectivity index (χ2v) is 8.75. The van der Waals surface area contributed by atoms with E-state index in [4.69, 9.17) is 0 Å². The van der Waals surface area contributed by atoms with Gasteiger partial charge in [-0.15, -0.1) is 0 Å². The van der Waals surface area contributed by atoms with E-state index in [9.17, 15) is 0 Å². The summed E-state index contributed by atoms with van der Waals surface area (Å²) in [5, 5.41) is 3.30. The van der Waals surface area contributed by atoms with Crippen LogP contribution >= 0.6 is 0 Å². The van der Waals surface area contributed by atoms with E-state index in [1.807, 2.05) is 0 Å². The van der Waals surface area contributed by atoms with Crippen LogP contribution in [0.15, 0.2) is 38.9 Å². The Hall–Kier alpha value is 0.501. The number of unbranched alkanes of at least 4 members (excludes halogenated alkanes) is 2. The first-order chi connectivity index (χ1) is 9.60. The number of aryl methyl sites for hydroxylation is 2. The molecule has 1 aliphatic rings. The maximum atomic E-state index is 2.51. The van der Waals surface area contributed by atoms with Gasteiger partial charge < -0.3 is 37.2 Å². The molecule has 0 spiro atoms. The van der Waals surface area contributed by atoms with Gasteiger partial charge in [0.2, 0.25) is 0 Å². The molecule has 0 nitrogen and oxygen atoms in total. The molecule has 0 fully saturated rings. The number of benzene rings is 1. The summed E-state index contributed by atoms with van der Waals surface area (Å²) in [6.07, 6.45) is 9.13. The molecule has 126 valence electrons. The molecule has 0 radical (unpaired) electrons. The molecule has 0 saturated carbocycles. The minimum Gasteiger partial charge on any atom is -1.00 e. The Morgan fingerprint density at radius 3 is 2.17 bits per heavy atom. The molecule has 1 aromatic carbocycles. The molecule has 0 atom stereocenters. The molecule has 2 rings (SSSR count). The summed E-state index contributed by atoms with van der Waals surface area (Å²) in [7, 11) is -0.282. The minimum absolute atomic E-state index is 0. The van der Waals surface area contributed by atoms with Gasteiger partial charge in [-0.3, -0.25) is 0 Å². The summed E-state index contributed by atoms with van der Waals surface area (Å²) in [6.45, 7) is 6.71. The zero-order chi connectivity index (χ0) is 14.5. The molecular formula is C18H25Cl3SiTi. The van der Waals surface area contributed by atoms with Crippen molar-refractivity contribution in [3.05, 3.63) is 50.0 Å². The molecular weight excluding hydrogens is 399 g/mol. The van der Waals surface area contributed by atoms with Crippen molar-refractivity contribution in [2.45, 2.75) is 52.9 Å². The van der Waals surface area contributed by atoms with Crippen molar-refractivity contribution in [1.29, 1.82) is 0 Å². The third kappa shape index (κ3) is 7.95. The van der Waals surface area contributed by atoms with Gasteiger partial charge in [0, 0.05) is 0 Å². The van der Waals surface area contributed by atoms with Crippen molar-refractivity contribution in [3.8, 4) is 0 Å². The topological polar surface area (TPSA) is 0 Å². The normalized spacial score (nSPS) is 13.5. The van der Waals surface area contributed by atoms with E-state index in [-0.39, 0.29) is 46.7 Å². The molecule has 0 unspecified atom stereocenters. The van der Waals surface area contributed by atoms with E-state index in [2.05, 4.69) is 65.5 Å². The average Bonchev–Trinajstić information content (AvgIpc) is 2.71. The molecule has 1 aliphatic carbocycles. The number of hydrogen-bond acceptors (Lipinski definition) is 0. The van der Waals surface area contributed by atoms with Crippen LogP contribution < -0.4 is 42.4 Å². The summed E-state index contributed by atoms with van der Waals surface area (Å²) in [6, 6.07) is 7.06. The Kier molecular flexibility index (Phi) is 14.3. The standard InChI is InChI=1S/C18H25Si.3ClH.Ti/c1-4-5-6-7-16-8-9-17(13-16)19-18-11-14(2)10-15(3)12-18;;;;/h9-12H,4-8,19H2,1-3H3;3*1H;/q;;;;+3/p-3. The second kappa shape index (κ2) is 12.8. The molecule has 0 amide bonds. The number of hydrogen-bond donors (Lipinski definition) is 0. The van der Waals surface area contributed by atoms with E-state index < -0.39 is 0 Å². The number of rotatable bonds is 6. The molecule has 0 aromatic heterocycles. The van der Waals surface area contributed by atoms with Crippen LogP contribution in [0.3, 0.4) is 0 Å². The van der Waals surface area contributed by atoms with Crippen molar-refractivity contribution >= 4 is 14.7 Å². The van der Waals surface area contributed by atoms with Gasteiger partial charge in [0.05, 0.1) is 0 Å². The Morgan fingerprint density at radius 2 is 1.61 bits per heavy atom. The van der Waals surface area contributed by atoms with Gasteiger partial charge >= 0.3 is 138 Å². The molecule has 0 heterocycles. The van der Waals surface area contributed by atoms with Crippen LogP contribution in [-0.2, 0) is 20.4 Å². The van der Waals surface area contributed by atoms with Crippen molar-refractivity contribution < 1.29 is 57.7 Å². The van der Waals surface area contributed by atoms with Crippen molar-refractivity contribution in [3.63, 3.8) is 0 Å². The fraction of sp³-hybridized carbons (Fsp3) is 0.444. The van der Waals surface area contributed by atoms with Gasteiger partial charge in [0.1, 0.15) is 0 Å². The van der Waals surface area contributed by atoms with Crippen molar-refractivity contribution in [1.82, 2.24) is 0 Å². The van der Waals surface area contributed by atoms with Crippen LogP contribution in [0.5, 0.6) is 0 Å². The Balaban J connectivity index is 0. The van der Waals surface area contributed by atoms with E-state index >= 15 is 0 Å². The van der Waals surface area contributed by atoms with E-state index in [0.717, 1.165) is 0 Å². The van der Waals surface area contributed by atoms with E-state index in [1.165, 1.54) is 43.2 Å². The van der Waals surface area contributed by atoms with Crippen LogP contribution in [0.4, 0.5) is 0 Å². The quantitative estimate of drug-likeness (QED) is 0.317. The zero-order valence-electron chi connectivity index (χ0n) is 14.2. The Labute approximate surface area is 174 Å². The summed E-state index contributed by atoms with van der Waals surface area (Å²) in [5.41, 5.74) is 4.54. The van der Waals surface area contributed by atoms with Gasteiger partial charge in [0.15, 0.2) is 0 Å². The zero-order valence-corrected chi connectivity index (χ0v) is 19.4. The Morgan fingerprint density at radius 1 is 1.00 bits per heavy atom. The summed E-state index contributed by atoms with van der Waals surface area (Å²) in [5.74, 6) is 0. The first-order valence-electron chi connectivity index (χ1n) is 7.80. The smallest absolute Gasteiger partial charge is 1.00 e. The molecule has 1 aromatic rings. The van der Waals surface area contributed by atoms with Gasteiger partial charge in [-0.25, -0.2) is 0 Å². The predicted octanol–water partition coefficient (Wildman–Crippen LogP) is -5.22. The monoisotopic (exact) mass is 422 g/mol. The first kappa shape index (κ1) is 25.7. The SMILES string of the molecule is CCCCCC1=[C]([Ti+3])C([SiH2]c2cc(C)cc(C)c2)=CC1.[Cl-].[Cl-].[Cl-]. The second-order valence-electron chi connectivity index (χ2n) is 6.04. The number of allylic oxidation sites excluding steroid dienone is 4. The summed E-state index contributed by atoms with van der Waals surface area (Å²) < 4.78 is 1.63. The first-order valence-corrected chi connectivity index (χ1v) is 10.00. The molecule has 0 bridgehead atoms. The molecule has 23 heavy (non-hydrogen) atoms. The van der Waals surface area contributed by atoms with Crippen LogP contribution in [0.2, 0.25) is 0 Å². The predicted molar refractivity (Wildman–Crippen MR) is 88.0 cm³/mol. The van der Waals surface area contributed by atoms with Gasteiger partial charge in [-0.1, -0.05) is 0 Å². The van der Waals surface area contributed by atoms with Crippen molar-refractivity contribution in [2.24, 2.45) is 0 Å². The largest absolute Gasteiger partial charge is 1.00 e. The van der Waals surface area contributed by atoms with Crippen LogP contribution in [-0.4, -0.2) is 9.52 Å². The van der Waals surface area contributed by atoms with Crippen LogP contribution in [0.1, 0.15) is 50.2 Å². The van der Waals surface area contributed by atoms with E-state index in [1.54, 1.807) is 19.8 Å². The maximum absolute atomic E-state index is 2.51. The third-order valence-electron chi connectivity index (χ3n) is 4.03. The molecule has 0 saturated heterocycles. The van der Waals surface area contributed by atoms with Crippen LogP contribution in [0, 0.1) is 13.8 Å². The molecule has 0 N–H and O–H groups in total. The third-order valence-corrected chi connectivity index (χ3v) is 7.47. The molecule has 5 heteroatoms. The van der Waals surface area contributed by atoms with Crippen LogP contribution in [0.25, 0.3) is 0 Å².